The van der Waals surface area contributed by atoms with Crippen LogP contribution in [0.15, 0.2) is 9.57 Å². The lowest BCUT2D eigenvalue weighted by atomic mass is 10.1. The first-order chi connectivity index (χ1) is 10.3. The first-order valence-corrected chi connectivity index (χ1v) is 5.99. The molecular weight excluding hydrogens is 310 g/mol. The van der Waals surface area contributed by atoms with E-state index in [-0.39, 0.29) is 12.4 Å². The van der Waals surface area contributed by atoms with Crippen LogP contribution in [0.3, 0.4) is 0 Å². The molecule has 0 spiro atoms. The fraction of sp³-hybridized carbons (Fsp3) is 0.231. The summed E-state index contributed by atoms with van der Waals surface area (Å²) >= 11 is 0. The second kappa shape index (κ2) is 5.66. The monoisotopic (exact) mass is 319 g/mol. The van der Waals surface area contributed by atoms with Crippen LogP contribution in [0.4, 0.5) is 17.6 Å². The van der Waals surface area contributed by atoms with Crippen molar-refractivity contribution in [2.24, 2.45) is 5.16 Å². The number of ether oxygens (including phenoxy) is 1. The minimum Gasteiger partial charge on any atom is -0.462 e. The summed E-state index contributed by atoms with van der Waals surface area (Å²) in [6.07, 6.45) is 0. The Hall–Kier alpha value is -2.58. The number of carbonyl (C=O) groups excluding carboxylic acids is 1. The maximum Gasteiger partial charge on any atom is 0.343 e. The van der Waals surface area contributed by atoms with Gasteiger partial charge in [0.25, 0.3) is 0 Å². The fourth-order valence-corrected chi connectivity index (χ4v) is 1.96. The van der Waals surface area contributed by atoms with Crippen LogP contribution in [0.5, 0.6) is 0 Å². The van der Waals surface area contributed by atoms with E-state index in [1.807, 2.05) is 0 Å². The summed E-state index contributed by atoms with van der Waals surface area (Å²) in [4.78, 5) is 11.8. The molecule has 1 aromatic heterocycles. The molecule has 0 atom stereocenters. The molecule has 1 aromatic carbocycles. The van der Waals surface area contributed by atoms with E-state index in [0.29, 0.717) is 0 Å². The van der Waals surface area contributed by atoms with Gasteiger partial charge < -0.3 is 14.4 Å². The average molecular weight is 319 g/mol. The van der Waals surface area contributed by atoms with Crippen LogP contribution in [0, 0.1) is 30.2 Å². The number of carbonyl (C=O) groups is 1. The van der Waals surface area contributed by atoms with Crippen molar-refractivity contribution in [2.75, 3.05) is 6.61 Å². The molecule has 5 nitrogen and oxygen atoms in total. The normalized spacial score (nSPS) is 12.0. The Kier molecular flexibility index (Phi) is 4.07. The molecule has 0 saturated carbocycles. The molecular formula is C13H9F4NO4. The number of aryl methyl sites for hydroxylation is 1. The van der Waals surface area contributed by atoms with Gasteiger partial charge in [-0.25, -0.2) is 18.0 Å². The van der Waals surface area contributed by atoms with Gasteiger partial charge in [-0.3, -0.25) is 0 Å². The third kappa shape index (κ3) is 2.18. The molecule has 2 aromatic rings. The zero-order chi connectivity index (χ0) is 16.6. The maximum absolute atomic E-state index is 13.9. The Labute approximate surface area is 120 Å². The first-order valence-electron chi connectivity index (χ1n) is 5.99. The van der Waals surface area contributed by atoms with Crippen molar-refractivity contribution in [1.29, 1.82) is 0 Å². The quantitative estimate of drug-likeness (QED) is 0.231. The number of hydrogen-bond acceptors (Lipinski definition) is 5. The minimum atomic E-state index is -2.12. The summed E-state index contributed by atoms with van der Waals surface area (Å²) in [7, 11) is 0. The van der Waals surface area contributed by atoms with Gasteiger partial charge >= 0.3 is 5.97 Å². The van der Waals surface area contributed by atoms with Crippen LogP contribution in [0.2, 0.25) is 0 Å². The summed E-state index contributed by atoms with van der Waals surface area (Å²) in [5, 5.41) is 9.86. The van der Waals surface area contributed by atoms with Crippen LogP contribution >= 0.6 is 0 Å². The van der Waals surface area contributed by atoms with Crippen molar-refractivity contribution in [3.8, 4) is 0 Å². The minimum absolute atomic E-state index is 0.0597. The predicted octanol–water partition coefficient (Wildman–Crippen LogP) is 2.76. The number of benzene rings is 1. The standard InChI is InChI=1S/C13H9F4NO4/c1-3-21-13(19)5-4(2)22-12-6(11(5)18-20)7(14)8(15)9(16)10(12)17/h20H,3H2,1-2H3/b18-11+. The topological polar surface area (TPSA) is 72.0 Å². The Morgan fingerprint density at radius 2 is 1.77 bits per heavy atom. The lowest BCUT2D eigenvalue weighted by Crippen LogP contribution is -2.22. The molecule has 0 aliphatic heterocycles. The smallest absolute Gasteiger partial charge is 0.343 e. The van der Waals surface area contributed by atoms with Crippen molar-refractivity contribution in [2.45, 2.75) is 13.8 Å². The highest BCUT2D eigenvalue weighted by molar-refractivity contribution is 5.94. The van der Waals surface area contributed by atoms with Crippen molar-refractivity contribution < 1.29 is 36.7 Å². The molecule has 1 N–H and O–H groups in total. The van der Waals surface area contributed by atoms with Crippen LogP contribution in [0.25, 0.3) is 11.0 Å². The molecule has 0 unspecified atom stereocenters. The lowest BCUT2D eigenvalue weighted by molar-refractivity contribution is 0.0519. The van der Waals surface area contributed by atoms with Crippen molar-refractivity contribution in [3.63, 3.8) is 0 Å². The van der Waals surface area contributed by atoms with Crippen molar-refractivity contribution in [3.05, 3.63) is 39.9 Å². The largest absolute Gasteiger partial charge is 0.462 e. The van der Waals surface area contributed by atoms with Gasteiger partial charge in [0.05, 0.1) is 12.0 Å². The second-order valence-electron chi connectivity index (χ2n) is 4.16. The molecule has 0 saturated heterocycles. The molecule has 1 heterocycles. The predicted molar refractivity (Wildman–Crippen MR) is 64.1 cm³/mol. The van der Waals surface area contributed by atoms with Gasteiger partial charge in [-0.05, 0) is 13.8 Å². The summed E-state index contributed by atoms with van der Waals surface area (Å²) in [6.45, 7) is 2.59. The highest BCUT2D eigenvalue weighted by Gasteiger charge is 2.28. The molecule has 0 bridgehead atoms. The lowest BCUT2D eigenvalue weighted by Gasteiger charge is -2.09. The maximum atomic E-state index is 13.9. The summed E-state index contributed by atoms with van der Waals surface area (Å²) in [5.74, 6) is -9.23. The van der Waals surface area contributed by atoms with Crippen LogP contribution < -0.4 is 5.36 Å². The number of esters is 1. The molecule has 0 fully saturated rings. The zero-order valence-electron chi connectivity index (χ0n) is 11.3. The Balaban J connectivity index is 3.06. The van der Waals surface area contributed by atoms with Gasteiger partial charge in [-0.1, -0.05) is 5.16 Å². The summed E-state index contributed by atoms with van der Waals surface area (Å²) in [6, 6.07) is 0. The Morgan fingerprint density at radius 3 is 2.32 bits per heavy atom. The average Bonchev–Trinajstić information content (AvgIpc) is 2.49. The zero-order valence-corrected chi connectivity index (χ0v) is 11.3. The molecule has 118 valence electrons. The van der Waals surface area contributed by atoms with Gasteiger partial charge in [-0.15, -0.1) is 0 Å². The first kappa shape index (κ1) is 15.8. The van der Waals surface area contributed by atoms with Gasteiger partial charge in [0.15, 0.2) is 17.2 Å². The third-order valence-electron chi connectivity index (χ3n) is 2.88. The molecule has 2 rings (SSSR count). The van der Waals surface area contributed by atoms with E-state index >= 15 is 0 Å². The van der Waals surface area contributed by atoms with E-state index < -0.39 is 51.1 Å². The summed E-state index contributed by atoms with van der Waals surface area (Å²) < 4.78 is 63.7. The number of hydrogen-bond donors (Lipinski definition) is 1. The summed E-state index contributed by atoms with van der Waals surface area (Å²) in [5.41, 5.74) is -1.55. The molecule has 9 heteroatoms. The van der Waals surface area contributed by atoms with Crippen molar-refractivity contribution in [1.82, 2.24) is 0 Å². The third-order valence-corrected chi connectivity index (χ3v) is 2.88. The Bertz CT molecular complexity index is 845. The van der Waals surface area contributed by atoms with Gasteiger partial charge in [0, 0.05) is 0 Å². The van der Waals surface area contributed by atoms with Gasteiger partial charge in [0.2, 0.25) is 11.6 Å². The van der Waals surface area contributed by atoms with Crippen LogP contribution in [0.1, 0.15) is 23.0 Å². The van der Waals surface area contributed by atoms with E-state index in [4.69, 9.17) is 9.62 Å². The number of nitrogens with zero attached hydrogens (tertiary/aromatic N) is 1. The second-order valence-corrected chi connectivity index (χ2v) is 4.16. The highest BCUT2D eigenvalue weighted by Crippen LogP contribution is 2.26. The molecule has 22 heavy (non-hydrogen) atoms. The molecule has 0 radical (unpaired) electrons. The van der Waals surface area contributed by atoms with Gasteiger partial charge in [-0.2, -0.15) is 4.39 Å². The van der Waals surface area contributed by atoms with E-state index in [1.165, 1.54) is 13.8 Å². The molecule has 0 amide bonds. The van der Waals surface area contributed by atoms with E-state index in [2.05, 4.69) is 9.89 Å². The van der Waals surface area contributed by atoms with Crippen LogP contribution in [-0.4, -0.2) is 17.8 Å². The van der Waals surface area contributed by atoms with E-state index in [0.717, 1.165) is 0 Å². The molecule has 0 aliphatic carbocycles. The van der Waals surface area contributed by atoms with Gasteiger partial charge in [0.1, 0.15) is 16.7 Å². The van der Waals surface area contributed by atoms with Crippen LogP contribution in [-0.2, 0) is 4.74 Å². The molecule has 0 aliphatic rings. The SMILES string of the molecule is CCOC(=O)c1c(C)oc2c(F)c(F)c(F)c(F)c2/c1=N/O. The number of fused-ring (bicyclic) bond motifs is 1. The number of halogens is 4. The van der Waals surface area contributed by atoms with E-state index in [1.54, 1.807) is 0 Å². The highest BCUT2D eigenvalue weighted by atomic mass is 19.2. The Morgan fingerprint density at radius 1 is 1.18 bits per heavy atom. The van der Waals surface area contributed by atoms with E-state index in [9.17, 15) is 22.4 Å². The van der Waals surface area contributed by atoms with Crippen molar-refractivity contribution >= 4 is 16.9 Å². The fourth-order valence-electron chi connectivity index (χ4n) is 1.96. The number of rotatable bonds is 2.